The van der Waals surface area contributed by atoms with Crippen molar-refractivity contribution >= 4 is 17.5 Å². The number of nitrogens with one attached hydrogen (secondary N) is 2. The Labute approximate surface area is 161 Å². The number of anilines is 1. The van der Waals surface area contributed by atoms with Gasteiger partial charge in [0.15, 0.2) is 0 Å². The maximum atomic E-state index is 12.4. The number of rotatable bonds is 6. The van der Waals surface area contributed by atoms with Gasteiger partial charge in [0.25, 0.3) is 11.8 Å². The summed E-state index contributed by atoms with van der Waals surface area (Å²) in [5, 5.41) is 5.74. The Kier molecular flexibility index (Phi) is 6.61. The number of ether oxygens (including phenoxy) is 1. The smallest absolute Gasteiger partial charge is 0.255 e. The highest BCUT2D eigenvalue weighted by molar-refractivity contribution is 6.04. The van der Waals surface area contributed by atoms with E-state index in [0.29, 0.717) is 16.8 Å². The van der Waals surface area contributed by atoms with Gasteiger partial charge in [-0.1, -0.05) is 6.92 Å². The fourth-order valence-corrected chi connectivity index (χ4v) is 2.32. The van der Waals surface area contributed by atoms with Gasteiger partial charge in [-0.05, 0) is 82.6 Å². The quantitative estimate of drug-likeness (QED) is 0.780. The van der Waals surface area contributed by atoms with Gasteiger partial charge in [-0.3, -0.25) is 9.59 Å². The third-order valence-corrected chi connectivity index (χ3v) is 3.92. The minimum atomic E-state index is -0.297. The Morgan fingerprint density at radius 3 is 1.96 bits per heavy atom. The first-order chi connectivity index (χ1) is 12.7. The van der Waals surface area contributed by atoms with Crippen molar-refractivity contribution < 1.29 is 14.3 Å². The summed E-state index contributed by atoms with van der Waals surface area (Å²) >= 11 is 0. The van der Waals surface area contributed by atoms with Crippen LogP contribution in [0.5, 0.6) is 5.75 Å². The summed E-state index contributed by atoms with van der Waals surface area (Å²) in [6.45, 7) is 9.85. The van der Waals surface area contributed by atoms with Crippen LogP contribution in [0.15, 0.2) is 48.5 Å². The van der Waals surface area contributed by atoms with E-state index in [-0.39, 0.29) is 23.5 Å². The van der Waals surface area contributed by atoms with E-state index < -0.39 is 0 Å². The molecule has 27 heavy (non-hydrogen) atoms. The van der Waals surface area contributed by atoms with E-state index in [1.165, 1.54) is 0 Å². The third-order valence-electron chi connectivity index (χ3n) is 3.92. The second-order valence-corrected chi connectivity index (χ2v) is 7.60. The highest BCUT2D eigenvalue weighted by atomic mass is 16.5. The van der Waals surface area contributed by atoms with Crippen molar-refractivity contribution in [1.82, 2.24) is 5.32 Å². The van der Waals surface area contributed by atoms with Crippen LogP contribution in [0, 0.1) is 0 Å². The highest BCUT2D eigenvalue weighted by Gasteiger charge is 2.15. The molecule has 0 saturated heterocycles. The van der Waals surface area contributed by atoms with Gasteiger partial charge < -0.3 is 15.4 Å². The number of amides is 2. The Bertz CT molecular complexity index is 775. The molecule has 0 saturated carbocycles. The summed E-state index contributed by atoms with van der Waals surface area (Å²) in [5.41, 5.74) is 1.43. The lowest BCUT2D eigenvalue weighted by molar-refractivity contribution is 0.0919. The van der Waals surface area contributed by atoms with Crippen LogP contribution >= 0.6 is 0 Å². The van der Waals surface area contributed by atoms with Gasteiger partial charge >= 0.3 is 0 Å². The number of carbonyl (C=O) groups is 2. The van der Waals surface area contributed by atoms with Crippen molar-refractivity contribution in [3.05, 3.63) is 59.7 Å². The zero-order valence-electron chi connectivity index (χ0n) is 16.6. The number of hydrogen-bond acceptors (Lipinski definition) is 3. The van der Waals surface area contributed by atoms with Crippen molar-refractivity contribution in [2.45, 2.75) is 52.7 Å². The van der Waals surface area contributed by atoms with Crippen LogP contribution in [0.2, 0.25) is 0 Å². The summed E-state index contributed by atoms with van der Waals surface area (Å²) in [6, 6.07) is 13.9. The highest BCUT2D eigenvalue weighted by Crippen LogP contribution is 2.17. The molecule has 0 aromatic heterocycles. The van der Waals surface area contributed by atoms with Crippen LogP contribution in [0.3, 0.4) is 0 Å². The van der Waals surface area contributed by atoms with Crippen LogP contribution in [0.4, 0.5) is 5.69 Å². The molecule has 2 aromatic rings. The summed E-state index contributed by atoms with van der Waals surface area (Å²) in [6.07, 6.45) is 1.06. The zero-order valence-corrected chi connectivity index (χ0v) is 16.6. The molecule has 1 atom stereocenters. The van der Waals surface area contributed by atoms with E-state index in [1.807, 2.05) is 27.7 Å². The largest absolute Gasteiger partial charge is 0.491 e. The summed E-state index contributed by atoms with van der Waals surface area (Å²) in [5.74, 6) is 0.393. The molecule has 1 unspecified atom stereocenters. The zero-order chi connectivity index (χ0) is 20.0. The summed E-state index contributed by atoms with van der Waals surface area (Å²) in [7, 11) is 0. The molecule has 0 aliphatic heterocycles. The standard InChI is InChI=1S/C22H28N2O3/c1-6-15(2)27-19-13-9-16(10-14-19)20(25)23-18-11-7-17(8-12-18)21(26)24-22(3,4)5/h7-15H,6H2,1-5H3,(H,23,25)(H,24,26). The van der Waals surface area contributed by atoms with E-state index in [4.69, 9.17) is 4.74 Å². The average molecular weight is 368 g/mol. The molecule has 2 aromatic carbocycles. The van der Waals surface area contributed by atoms with Crippen molar-refractivity contribution in [2.24, 2.45) is 0 Å². The van der Waals surface area contributed by atoms with E-state index in [2.05, 4.69) is 17.6 Å². The van der Waals surface area contributed by atoms with Gasteiger partial charge in [0.1, 0.15) is 5.75 Å². The maximum Gasteiger partial charge on any atom is 0.255 e. The molecular weight excluding hydrogens is 340 g/mol. The van der Waals surface area contributed by atoms with Crippen LogP contribution < -0.4 is 15.4 Å². The van der Waals surface area contributed by atoms with Crippen molar-refractivity contribution in [1.29, 1.82) is 0 Å². The third kappa shape index (κ3) is 6.44. The molecule has 5 heteroatoms. The lowest BCUT2D eigenvalue weighted by Gasteiger charge is -2.20. The topological polar surface area (TPSA) is 67.4 Å². The number of hydrogen-bond donors (Lipinski definition) is 2. The van der Waals surface area contributed by atoms with Gasteiger partial charge in [-0.2, -0.15) is 0 Å². The van der Waals surface area contributed by atoms with Gasteiger partial charge in [-0.25, -0.2) is 0 Å². The second kappa shape index (κ2) is 8.71. The van der Waals surface area contributed by atoms with Crippen molar-refractivity contribution in [2.75, 3.05) is 5.32 Å². The van der Waals surface area contributed by atoms with Crippen molar-refractivity contribution in [3.8, 4) is 5.75 Å². The molecule has 0 radical (unpaired) electrons. The second-order valence-electron chi connectivity index (χ2n) is 7.60. The molecule has 144 valence electrons. The van der Waals surface area contributed by atoms with Crippen LogP contribution in [0.1, 0.15) is 61.8 Å². The summed E-state index contributed by atoms with van der Waals surface area (Å²) in [4.78, 5) is 24.5. The first-order valence-electron chi connectivity index (χ1n) is 9.18. The lowest BCUT2D eigenvalue weighted by atomic mass is 10.1. The fraction of sp³-hybridized carbons (Fsp3) is 0.364. The molecule has 0 aliphatic rings. The minimum Gasteiger partial charge on any atom is -0.491 e. The number of benzene rings is 2. The Hall–Kier alpha value is -2.82. The molecule has 2 amide bonds. The van der Waals surface area contributed by atoms with E-state index in [9.17, 15) is 9.59 Å². The Morgan fingerprint density at radius 2 is 1.44 bits per heavy atom. The van der Waals surface area contributed by atoms with Crippen LogP contribution in [-0.4, -0.2) is 23.5 Å². The molecule has 2 N–H and O–H groups in total. The molecule has 0 heterocycles. The molecule has 2 rings (SSSR count). The predicted molar refractivity (Wildman–Crippen MR) is 108 cm³/mol. The van der Waals surface area contributed by atoms with Gasteiger partial charge in [-0.15, -0.1) is 0 Å². The normalized spacial score (nSPS) is 12.2. The van der Waals surface area contributed by atoms with Crippen molar-refractivity contribution in [3.63, 3.8) is 0 Å². The maximum absolute atomic E-state index is 12.4. The van der Waals surface area contributed by atoms with Gasteiger partial charge in [0, 0.05) is 22.4 Å². The SMILES string of the molecule is CCC(C)Oc1ccc(C(=O)Nc2ccc(C(=O)NC(C)(C)C)cc2)cc1. The minimum absolute atomic E-state index is 0.138. The van der Waals surface area contributed by atoms with Crippen LogP contribution in [0.25, 0.3) is 0 Å². The molecule has 0 bridgehead atoms. The molecular formula is C22H28N2O3. The van der Waals surface area contributed by atoms with Gasteiger partial charge in [0.2, 0.25) is 0 Å². The Morgan fingerprint density at radius 1 is 0.926 bits per heavy atom. The molecule has 5 nitrogen and oxygen atoms in total. The first-order valence-corrected chi connectivity index (χ1v) is 9.18. The predicted octanol–water partition coefficient (Wildman–Crippen LogP) is 4.64. The van der Waals surface area contributed by atoms with Gasteiger partial charge in [0.05, 0.1) is 6.10 Å². The summed E-state index contributed by atoms with van der Waals surface area (Å²) < 4.78 is 5.72. The Balaban J connectivity index is 1.98. The molecule has 0 fully saturated rings. The molecule has 0 aliphatic carbocycles. The van der Waals surface area contributed by atoms with E-state index in [1.54, 1.807) is 48.5 Å². The first kappa shape index (κ1) is 20.5. The fourth-order valence-electron chi connectivity index (χ4n) is 2.32. The number of carbonyl (C=O) groups excluding carboxylic acids is 2. The monoisotopic (exact) mass is 368 g/mol. The molecule has 0 spiro atoms. The average Bonchev–Trinajstić information content (AvgIpc) is 2.61. The lowest BCUT2D eigenvalue weighted by Crippen LogP contribution is -2.40. The van der Waals surface area contributed by atoms with Crippen LogP contribution in [-0.2, 0) is 0 Å². The van der Waals surface area contributed by atoms with E-state index >= 15 is 0 Å². The van der Waals surface area contributed by atoms with E-state index in [0.717, 1.165) is 12.2 Å².